The Labute approximate surface area is 151 Å². The summed E-state index contributed by atoms with van der Waals surface area (Å²) < 4.78 is 60.7. The molecule has 1 unspecified atom stereocenters. The second-order valence-corrected chi connectivity index (χ2v) is 7.97. The van der Waals surface area contributed by atoms with Gasteiger partial charge in [-0.1, -0.05) is 18.2 Å². The smallest absolute Gasteiger partial charge is 0.246 e. The van der Waals surface area contributed by atoms with Gasteiger partial charge in [0.2, 0.25) is 10.0 Å². The van der Waals surface area contributed by atoms with E-state index in [1.807, 2.05) is 0 Å². The van der Waals surface area contributed by atoms with Crippen molar-refractivity contribution in [3.8, 4) is 5.75 Å². The number of halogens is 2. The Hall–Kier alpha value is -2.03. The molecule has 2 aromatic rings. The zero-order chi connectivity index (χ0) is 18.9. The first-order valence-corrected chi connectivity index (χ1v) is 9.61. The molecule has 3 rings (SSSR count). The Balaban J connectivity index is 2.09. The fourth-order valence-electron chi connectivity index (χ4n) is 3.13. The van der Waals surface area contributed by atoms with E-state index in [0.717, 1.165) is 6.07 Å². The lowest BCUT2D eigenvalue weighted by Crippen LogP contribution is -2.48. The molecular weight excluding hydrogens is 362 g/mol. The van der Waals surface area contributed by atoms with Crippen LogP contribution in [0.25, 0.3) is 0 Å². The molecule has 0 spiro atoms. The molecule has 1 aliphatic heterocycles. The van der Waals surface area contributed by atoms with Gasteiger partial charge in [-0.25, -0.2) is 17.2 Å². The Kier molecular flexibility index (Phi) is 5.27. The monoisotopic (exact) mass is 382 g/mol. The summed E-state index contributed by atoms with van der Waals surface area (Å²) in [5.41, 5.74) is 0.763. The van der Waals surface area contributed by atoms with E-state index in [2.05, 4.69) is 5.32 Å². The van der Waals surface area contributed by atoms with Gasteiger partial charge in [0.1, 0.15) is 22.3 Å². The molecule has 1 fully saturated rings. The van der Waals surface area contributed by atoms with Crippen LogP contribution in [-0.2, 0) is 10.0 Å². The Bertz CT molecular complexity index is 919. The number of rotatable bonds is 4. The van der Waals surface area contributed by atoms with Crippen molar-refractivity contribution in [1.82, 2.24) is 9.62 Å². The molecule has 1 aliphatic rings. The van der Waals surface area contributed by atoms with Crippen LogP contribution < -0.4 is 10.1 Å². The minimum Gasteiger partial charge on any atom is -0.496 e. The predicted molar refractivity (Wildman–Crippen MR) is 93.6 cm³/mol. The van der Waals surface area contributed by atoms with E-state index < -0.39 is 32.6 Å². The van der Waals surface area contributed by atoms with Crippen LogP contribution in [0.4, 0.5) is 8.78 Å². The molecule has 0 saturated carbocycles. The lowest BCUT2D eigenvalue weighted by molar-refractivity contribution is 0.264. The highest BCUT2D eigenvalue weighted by atomic mass is 32.2. The molecular formula is C18H20F2N2O3S. The summed E-state index contributed by atoms with van der Waals surface area (Å²) in [7, 11) is -2.65. The van der Waals surface area contributed by atoms with Crippen molar-refractivity contribution in [2.24, 2.45) is 0 Å². The van der Waals surface area contributed by atoms with Gasteiger partial charge in [0.15, 0.2) is 0 Å². The van der Waals surface area contributed by atoms with E-state index in [9.17, 15) is 17.2 Å². The van der Waals surface area contributed by atoms with Gasteiger partial charge in [-0.05, 0) is 24.6 Å². The van der Waals surface area contributed by atoms with Gasteiger partial charge in [-0.2, -0.15) is 4.31 Å². The minimum atomic E-state index is -4.16. The number of para-hydroxylation sites is 1. The quantitative estimate of drug-likeness (QED) is 0.883. The number of nitrogens with zero attached hydrogens (tertiary/aromatic N) is 1. The third kappa shape index (κ3) is 3.32. The average Bonchev–Trinajstić information content (AvgIpc) is 2.64. The van der Waals surface area contributed by atoms with E-state index >= 15 is 0 Å². The number of ether oxygens (including phenoxy) is 1. The van der Waals surface area contributed by atoms with Crippen molar-refractivity contribution in [2.75, 3.05) is 26.7 Å². The molecule has 1 N–H and O–H groups in total. The molecule has 5 nitrogen and oxygen atoms in total. The highest BCUT2D eigenvalue weighted by Crippen LogP contribution is 2.34. The van der Waals surface area contributed by atoms with Crippen LogP contribution in [0.3, 0.4) is 0 Å². The average molecular weight is 382 g/mol. The predicted octanol–water partition coefficient (Wildman–Crippen LogP) is 2.62. The summed E-state index contributed by atoms with van der Waals surface area (Å²) in [6, 6.07) is 8.21. The molecule has 26 heavy (non-hydrogen) atoms. The Morgan fingerprint density at radius 2 is 1.92 bits per heavy atom. The van der Waals surface area contributed by atoms with Crippen LogP contribution in [-0.4, -0.2) is 39.5 Å². The molecule has 1 saturated heterocycles. The lowest BCUT2D eigenvalue weighted by atomic mass is 10.0. The van der Waals surface area contributed by atoms with E-state index in [0.29, 0.717) is 30.5 Å². The van der Waals surface area contributed by atoms with Crippen molar-refractivity contribution in [1.29, 1.82) is 0 Å². The summed E-state index contributed by atoms with van der Waals surface area (Å²) >= 11 is 0. The normalized spacial score (nSPS) is 18.7. The van der Waals surface area contributed by atoms with E-state index in [1.165, 1.54) is 18.3 Å². The number of methoxy groups -OCH3 is 1. The fourth-order valence-corrected chi connectivity index (χ4v) is 4.87. The maximum absolute atomic E-state index is 14.3. The second-order valence-electron chi connectivity index (χ2n) is 6.11. The molecule has 1 atom stereocenters. The third-order valence-corrected chi connectivity index (χ3v) is 6.42. The number of sulfonamides is 1. The molecule has 0 aliphatic carbocycles. The third-order valence-electron chi connectivity index (χ3n) is 4.49. The Morgan fingerprint density at radius 3 is 2.65 bits per heavy atom. The maximum Gasteiger partial charge on any atom is 0.246 e. The van der Waals surface area contributed by atoms with E-state index in [-0.39, 0.29) is 12.1 Å². The first-order valence-electron chi connectivity index (χ1n) is 8.17. The van der Waals surface area contributed by atoms with Crippen LogP contribution in [0.1, 0.15) is 17.2 Å². The van der Waals surface area contributed by atoms with Crippen LogP contribution in [0.15, 0.2) is 41.3 Å². The fraction of sp³-hybridized carbons (Fsp3) is 0.333. The molecule has 2 aromatic carbocycles. The molecule has 0 radical (unpaired) electrons. The highest BCUT2D eigenvalue weighted by molar-refractivity contribution is 7.89. The van der Waals surface area contributed by atoms with Crippen LogP contribution in [0, 0.1) is 18.6 Å². The topological polar surface area (TPSA) is 58.6 Å². The number of benzene rings is 2. The minimum absolute atomic E-state index is 0.0777. The zero-order valence-corrected chi connectivity index (χ0v) is 15.3. The van der Waals surface area contributed by atoms with Crippen molar-refractivity contribution in [3.05, 3.63) is 59.2 Å². The summed E-state index contributed by atoms with van der Waals surface area (Å²) in [6.45, 7) is 2.37. The number of nitrogens with one attached hydrogen (secondary N) is 1. The van der Waals surface area contributed by atoms with Crippen LogP contribution >= 0.6 is 0 Å². The van der Waals surface area contributed by atoms with Crippen LogP contribution in [0.2, 0.25) is 0 Å². The maximum atomic E-state index is 14.3. The SMILES string of the molecule is COc1ccccc1C1CNCCN1S(=O)(=O)c1cc(C)c(F)cc1F. The highest BCUT2D eigenvalue weighted by Gasteiger charge is 2.37. The largest absolute Gasteiger partial charge is 0.496 e. The number of hydrogen-bond acceptors (Lipinski definition) is 4. The van der Waals surface area contributed by atoms with Gasteiger partial charge in [-0.3, -0.25) is 0 Å². The molecule has 0 aromatic heterocycles. The van der Waals surface area contributed by atoms with Crippen molar-refractivity contribution in [3.63, 3.8) is 0 Å². The first-order chi connectivity index (χ1) is 12.4. The first kappa shape index (κ1) is 18.8. The van der Waals surface area contributed by atoms with Gasteiger partial charge in [-0.15, -0.1) is 0 Å². The van der Waals surface area contributed by atoms with Gasteiger partial charge >= 0.3 is 0 Å². The van der Waals surface area contributed by atoms with E-state index in [1.54, 1.807) is 24.3 Å². The van der Waals surface area contributed by atoms with Gasteiger partial charge in [0.05, 0.1) is 13.2 Å². The van der Waals surface area contributed by atoms with Gasteiger partial charge in [0, 0.05) is 31.3 Å². The zero-order valence-electron chi connectivity index (χ0n) is 14.5. The van der Waals surface area contributed by atoms with Crippen molar-refractivity contribution < 1.29 is 21.9 Å². The summed E-state index contributed by atoms with van der Waals surface area (Å²) in [4.78, 5) is -0.516. The second kappa shape index (κ2) is 7.30. The molecule has 8 heteroatoms. The summed E-state index contributed by atoms with van der Waals surface area (Å²) in [6.07, 6.45) is 0. The van der Waals surface area contributed by atoms with Gasteiger partial charge < -0.3 is 10.1 Å². The number of aryl methyl sites for hydroxylation is 1. The molecule has 0 bridgehead atoms. The lowest BCUT2D eigenvalue weighted by Gasteiger charge is -2.36. The molecule has 140 valence electrons. The van der Waals surface area contributed by atoms with Gasteiger partial charge in [0.25, 0.3) is 0 Å². The van der Waals surface area contributed by atoms with E-state index in [4.69, 9.17) is 4.74 Å². The Morgan fingerprint density at radius 1 is 1.19 bits per heavy atom. The summed E-state index contributed by atoms with van der Waals surface area (Å²) in [5, 5.41) is 3.16. The molecule has 1 heterocycles. The summed E-state index contributed by atoms with van der Waals surface area (Å²) in [5.74, 6) is -1.31. The van der Waals surface area contributed by atoms with Crippen molar-refractivity contribution in [2.45, 2.75) is 17.9 Å². The van der Waals surface area contributed by atoms with Crippen LogP contribution in [0.5, 0.6) is 5.75 Å². The number of hydrogen-bond donors (Lipinski definition) is 1. The van der Waals surface area contributed by atoms with Crippen molar-refractivity contribution >= 4 is 10.0 Å². The standard InChI is InChI=1S/C18H20F2N2O3S/c1-12-9-18(15(20)10-14(12)19)26(23,24)22-8-7-21-11-16(22)13-5-3-4-6-17(13)25-2/h3-6,9-10,16,21H,7-8,11H2,1-2H3. The molecule has 0 amide bonds. The number of piperazine rings is 1.